The molecule has 124 valence electrons. The van der Waals surface area contributed by atoms with Crippen LogP contribution in [0.25, 0.3) is 0 Å². The van der Waals surface area contributed by atoms with Crippen molar-refractivity contribution >= 4 is 11.9 Å². The summed E-state index contributed by atoms with van der Waals surface area (Å²) >= 11 is 0. The number of nitrogens with two attached hydrogens (primary N) is 1. The molecule has 22 heavy (non-hydrogen) atoms. The fourth-order valence-electron chi connectivity index (χ4n) is 3.17. The van der Waals surface area contributed by atoms with Crippen LogP contribution in [0.1, 0.15) is 32.1 Å². The second-order valence-electron chi connectivity index (χ2n) is 6.88. The maximum absolute atomic E-state index is 12.2. The van der Waals surface area contributed by atoms with E-state index in [1.54, 1.807) is 0 Å². The van der Waals surface area contributed by atoms with Crippen molar-refractivity contribution in [1.29, 1.82) is 0 Å². The first-order valence-electron chi connectivity index (χ1n) is 8.69. The van der Waals surface area contributed by atoms with Gasteiger partial charge >= 0.3 is 0 Å². The zero-order chi connectivity index (χ0) is 15.5. The van der Waals surface area contributed by atoms with Gasteiger partial charge in [0.25, 0.3) is 0 Å². The molecular formula is C16H29N5O. The van der Waals surface area contributed by atoms with Crippen molar-refractivity contribution in [2.24, 2.45) is 16.6 Å². The van der Waals surface area contributed by atoms with Gasteiger partial charge < -0.3 is 15.5 Å². The third kappa shape index (κ3) is 3.72. The van der Waals surface area contributed by atoms with E-state index in [-0.39, 0.29) is 0 Å². The lowest BCUT2D eigenvalue weighted by molar-refractivity contribution is -0.139. The van der Waals surface area contributed by atoms with E-state index in [2.05, 4.69) is 19.7 Å². The predicted molar refractivity (Wildman–Crippen MR) is 87.6 cm³/mol. The molecule has 0 aromatic carbocycles. The van der Waals surface area contributed by atoms with Gasteiger partial charge in [0.2, 0.25) is 5.91 Å². The molecule has 0 spiro atoms. The Balaban J connectivity index is 1.35. The van der Waals surface area contributed by atoms with Crippen molar-refractivity contribution in [3.63, 3.8) is 0 Å². The summed E-state index contributed by atoms with van der Waals surface area (Å²) in [4.78, 5) is 23.2. The molecule has 3 rings (SSSR count). The quantitative estimate of drug-likeness (QED) is 0.587. The maximum atomic E-state index is 12.2. The van der Waals surface area contributed by atoms with Crippen LogP contribution in [0.5, 0.6) is 0 Å². The van der Waals surface area contributed by atoms with E-state index in [1.165, 1.54) is 19.3 Å². The molecule has 1 aliphatic heterocycles. The molecule has 6 heteroatoms. The average Bonchev–Trinajstić information content (AvgIpc) is 3.29. The Bertz CT molecular complexity index is 422. The first-order valence-corrected chi connectivity index (χ1v) is 8.69. The van der Waals surface area contributed by atoms with E-state index in [1.807, 2.05) is 7.05 Å². The summed E-state index contributed by atoms with van der Waals surface area (Å²) in [6.45, 7) is 5.36. The van der Waals surface area contributed by atoms with Gasteiger partial charge in [-0.1, -0.05) is 6.42 Å². The highest BCUT2D eigenvalue weighted by atomic mass is 16.2. The largest absolute Gasteiger partial charge is 0.370 e. The topological polar surface area (TPSA) is 65.2 Å². The summed E-state index contributed by atoms with van der Waals surface area (Å²) in [5.74, 6) is 1.38. The first kappa shape index (κ1) is 15.6. The highest BCUT2D eigenvalue weighted by Gasteiger charge is 2.31. The van der Waals surface area contributed by atoms with Crippen LogP contribution in [0.4, 0.5) is 0 Å². The van der Waals surface area contributed by atoms with E-state index in [4.69, 9.17) is 5.73 Å². The van der Waals surface area contributed by atoms with Gasteiger partial charge in [0.15, 0.2) is 5.96 Å². The summed E-state index contributed by atoms with van der Waals surface area (Å²) in [7, 11) is 2.03. The number of aliphatic imine (C=N–C) groups is 1. The molecule has 1 amide bonds. The lowest BCUT2D eigenvalue weighted by atomic mass is 9.84. The highest BCUT2D eigenvalue weighted by molar-refractivity contribution is 5.79. The molecule has 3 fully saturated rings. The second-order valence-corrected chi connectivity index (χ2v) is 6.88. The molecule has 0 unspecified atom stereocenters. The number of amides is 1. The standard InChI is InChI=1S/C16H29N5O/c1-19(14-5-6-14)16(17)18-7-8-20-9-11-21(12-10-20)15(22)13-3-2-4-13/h13-14H,2-12H2,1H3,(H2,17,18). The summed E-state index contributed by atoms with van der Waals surface area (Å²) < 4.78 is 0. The predicted octanol–water partition coefficient (Wildman–Crippen LogP) is 0.340. The number of hydrogen-bond acceptors (Lipinski definition) is 3. The number of rotatable bonds is 5. The SMILES string of the molecule is CN(C(N)=NCCN1CCN(C(=O)C2CCC2)CC1)C1CC1. The van der Waals surface area contributed by atoms with E-state index in [9.17, 15) is 4.79 Å². The lowest BCUT2D eigenvalue weighted by Gasteiger charge is -2.38. The molecule has 0 bridgehead atoms. The van der Waals surface area contributed by atoms with Gasteiger partial charge in [0.05, 0.1) is 6.54 Å². The van der Waals surface area contributed by atoms with E-state index in [0.29, 0.717) is 23.8 Å². The molecule has 0 aromatic rings. The van der Waals surface area contributed by atoms with Gasteiger partial charge in [-0.25, -0.2) is 0 Å². The third-order valence-corrected chi connectivity index (χ3v) is 5.28. The van der Waals surface area contributed by atoms with Crippen LogP contribution in [0.3, 0.4) is 0 Å². The molecule has 2 aliphatic carbocycles. The summed E-state index contributed by atoms with van der Waals surface area (Å²) in [6.07, 6.45) is 5.90. The molecule has 1 saturated heterocycles. The van der Waals surface area contributed by atoms with Gasteiger partial charge in [-0.2, -0.15) is 0 Å². The van der Waals surface area contributed by atoms with Crippen LogP contribution in [0.2, 0.25) is 0 Å². The van der Waals surface area contributed by atoms with Gasteiger partial charge in [0, 0.05) is 51.7 Å². The van der Waals surface area contributed by atoms with Crippen LogP contribution in [-0.2, 0) is 4.79 Å². The number of carbonyl (C=O) groups excluding carboxylic acids is 1. The minimum absolute atomic E-state index is 0.328. The summed E-state index contributed by atoms with van der Waals surface area (Å²) in [6, 6.07) is 0.616. The Morgan fingerprint density at radius 3 is 2.41 bits per heavy atom. The number of nitrogens with zero attached hydrogens (tertiary/aromatic N) is 4. The normalized spacial score (nSPS) is 24.2. The Morgan fingerprint density at radius 1 is 1.18 bits per heavy atom. The monoisotopic (exact) mass is 307 g/mol. The van der Waals surface area contributed by atoms with Gasteiger partial charge in [-0.05, 0) is 25.7 Å². The molecule has 2 saturated carbocycles. The Hall–Kier alpha value is -1.30. The summed E-state index contributed by atoms with van der Waals surface area (Å²) in [5.41, 5.74) is 6.00. The van der Waals surface area contributed by atoms with Crippen molar-refractivity contribution in [1.82, 2.24) is 14.7 Å². The van der Waals surface area contributed by atoms with Crippen molar-refractivity contribution in [2.45, 2.75) is 38.1 Å². The molecule has 0 aromatic heterocycles. The molecule has 0 radical (unpaired) electrons. The fourth-order valence-corrected chi connectivity index (χ4v) is 3.17. The smallest absolute Gasteiger partial charge is 0.225 e. The van der Waals surface area contributed by atoms with Crippen molar-refractivity contribution in [3.05, 3.63) is 0 Å². The van der Waals surface area contributed by atoms with Crippen molar-refractivity contribution < 1.29 is 4.79 Å². The molecule has 3 aliphatic rings. The minimum Gasteiger partial charge on any atom is -0.370 e. The summed E-state index contributed by atoms with van der Waals surface area (Å²) in [5, 5.41) is 0. The van der Waals surface area contributed by atoms with Crippen LogP contribution in [0.15, 0.2) is 4.99 Å². The lowest BCUT2D eigenvalue weighted by Crippen LogP contribution is -2.51. The number of carbonyl (C=O) groups is 1. The van der Waals surface area contributed by atoms with Crippen LogP contribution in [-0.4, -0.2) is 78.9 Å². The van der Waals surface area contributed by atoms with Gasteiger partial charge in [0.1, 0.15) is 0 Å². The van der Waals surface area contributed by atoms with Crippen LogP contribution >= 0.6 is 0 Å². The third-order valence-electron chi connectivity index (χ3n) is 5.28. The Kier molecular flexibility index (Phi) is 4.86. The number of piperazine rings is 1. The van der Waals surface area contributed by atoms with Crippen molar-refractivity contribution in [2.75, 3.05) is 46.3 Å². The fraction of sp³-hybridized carbons (Fsp3) is 0.875. The Morgan fingerprint density at radius 2 is 1.86 bits per heavy atom. The maximum Gasteiger partial charge on any atom is 0.225 e. The number of hydrogen-bond donors (Lipinski definition) is 1. The van der Waals surface area contributed by atoms with Gasteiger partial charge in [-0.3, -0.25) is 14.7 Å². The highest BCUT2D eigenvalue weighted by Crippen LogP contribution is 2.28. The van der Waals surface area contributed by atoms with Gasteiger partial charge in [-0.15, -0.1) is 0 Å². The van der Waals surface area contributed by atoms with Crippen LogP contribution < -0.4 is 5.73 Å². The zero-order valence-electron chi connectivity index (χ0n) is 13.7. The molecule has 2 N–H and O–H groups in total. The Labute approximate surface area is 133 Å². The second kappa shape index (κ2) is 6.86. The zero-order valence-corrected chi connectivity index (χ0v) is 13.7. The van der Waals surface area contributed by atoms with Crippen molar-refractivity contribution in [3.8, 4) is 0 Å². The molecule has 0 atom stereocenters. The number of guanidine groups is 1. The van der Waals surface area contributed by atoms with E-state index >= 15 is 0 Å². The van der Waals surface area contributed by atoms with E-state index < -0.39 is 0 Å². The molecular weight excluding hydrogens is 278 g/mol. The molecule has 6 nitrogen and oxygen atoms in total. The average molecular weight is 307 g/mol. The molecule has 1 heterocycles. The minimum atomic E-state index is 0.328. The first-order chi connectivity index (χ1) is 10.6. The van der Waals surface area contributed by atoms with E-state index in [0.717, 1.165) is 52.1 Å². The van der Waals surface area contributed by atoms with Crippen LogP contribution in [0, 0.1) is 5.92 Å².